The van der Waals surface area contributed by atoms with E-state index < -0.39 is 10.0 Å². The van der Waals surface area contributed by atoms with Crippen molar-refractivity contribution in [1.82, 2.24) is 14.5 Å². The fraction of sp³-hybridized carbons (Fsp3) is 0.684. The van der Waals surface area contributed by atoms with E-state index in [2.05, 4.69) is 47.5 Å². The van der Waals surface area contributed by atoms with Gasteiger partial charge in [0.2, 0.25) is 10.0 Å². The van der Waals surface area contributed by atoms with Crippen molar-refractivity contribution in [2.75, 3.05) is 25.4 Å². The van der Waals surface area contributed by atoms with Gasteiger partial charge in [-0.05, 0) is 38.7 Å². The van der Waals surface area contributed by atoms with Crippen LogP contribution in [0.25, 0.3) is 0 Å². The average Bonchev–Trinajstić information content (AvgIpc) is 2.95. The first-order valence-electron chi connectivity index (χ1n) is 9.49. The molecular weight excluding hydrogens is 334 g/mol. The number of sulfonamides is 1. The Morgan fingerprint density at radius 3 is 2.44 bits per heavy atom. The lowest BCUT2D eigenvalue weighted by Crippen LogP contribution is -2.48. The highest BCUT2D eigenvalue weighted by Crippen LogP contribution is 2.22. The SMILES string of the molecule is CCS(=O)(=O)N1CCC(NC2CC(C)N(Cc3ccccc3)C2)CC1. The lowest BCUT2D eigenvalue weighted by molar-refractivity contribution is 0.247. The van der Waals surface area contributed by atoms with Crippen LogP contribution in [-0.4, -0.2) is 61.1 Å². The molecule has 2 aliphatic rings. The molecular formula is C19H31N3O2S. The van der Waals surface area contributed by atoms with Gasteiger partial charge in [0.05, 0.1) is 5.75 Å². The molecule has 2 atom stereocenters. The molecule has 2 aliphatic heterocycles. The molecule has 2 fully saturated rings. The molecule has 0 aromatic heterocycles. The number of piperidine rings is 1. The minimum Gasteiger partial charge on any atom is -0.310 e. The fourth-order valence-electron chi connectivity index (χ4n) is 4.07. The second kappa shape index (κ2) is 8.16. The van der Waals surface area contributed by atoms with Gasteiger partial charge in [-0.3, -0.25) is 4.90 Å². The fourth-order valence-corrected chi connectivity index (χ4v) is 5.21. The number of hydrogen-bond acceptors (Lipinski definition) is 4. The molecule has 140 valence electrons. The summed E-state index contributed by atoms with van der Waals surface area (Å²) in [4.78, 5) is 2.55. The third-order valence-corrected chi connectivity index (χ3v) is 7.50. The minimum absolute atomic E-state index is 0.208. The minimum atomic E-state index is -3.03. The molecule has 0 amide bonds. The van der Waals surface area contributed by atoms with Crippen molar-refractivity contribution < 1.29 is 8.42 Å². The Balaban J connectivity index is 1.47. The summed E-state index contributed by atoms with van der Waals surface area (Å²) in [6.07, 6.45) is 3.01. The molecule has 5 nitrogen and oxygen atoms in total. The molecule has 3 rings (SSSR count). The topological polar surface area (TPSA) is 52.7 Å². The van der Waals surface area contributed by atoms with Gasteiger partial charge >= 0.3 is 0 Å². The number of nitrogens with zero attached hydrogens (tertiary/aromatic N) is 2. The van der Waals surface area contributed by atoms with Gasteiger partial charge in [-0.25, -0.2) is 12.7 Å². The predicted molar refractivity (Wildman–Crippen MR) is 102 cm³/mol. The Bertz CT molecular complexity index is 642. The second-order valence-electron chi connectivity index (χ2n) is 7.44. The monoisotopic (exact) mass is 365 g/mol. The normalized spacial score (nSPS) is 27.0. The van der Waals surface area contributed by atoms with Crippen LogP contribution in [0.1, 0.15) is 38.7 Å². The third-order valence-electron chi connectivity index (χ3n) is 5.62. The molecule has 0 bridgehead atoms. The van der Waals surface area contributed by atoms with Crippen molar-refractivity contribution in [3.8, 4) is 0 Å². The highest BCUT2D eigenvalue weighted by atomic mass is 32.2. The van der Waals surface area contributed by atoms with Gasteiger partial charge in [0.25, 0.3) is 0 Å². The number of likely N-dealkylation sites (tertiary alicyclic amines) is 1. The van der Waals surface area contributed by atoms with E-state index in [-0.39, 0.29) is 5.75 Å². The first-order chi connectivity index (χ1) is 12.0. The molecule has 2 saturated heterocycles. The van der Waals surface area contributed by atoms with Crippen LogP contribution in [0.4, 0.5) is 0 Å². The Hall–Kier alpha value is -0.950. The highest BCUT2D eigenvalue weighted by Gasteiger charge is 2.32. The van der Waals surface area contributed by atoms with Crippen molar-refractivity contribution >= 4 is 10.0 Å². The lowest BCUT2D eigenvalue weighted by atomic mass is 10.0. The summed E-state index contributed by atoms with van der Waals surface area (Å²) < 4.78 is 25.6. The van der Waals surface area contributed by atoms with Crippen LogP contribution in [0.5, 0.6) is 0 Å². The number of rotatable bonds is 6. The molecule has 1 aromatic rings. The zero-order chi connectivity index (χ0) is 17.9. The molecule has 1 aromatic carbocycles. The standard InChI is InChI=1S/C19H31N3O2S/c1-3-25(23,24)22-11-9-18(10-12-22)20-19-13-16(2)21(15-19)14-17-7-5-4-6-8-17/h4-8,16,18-20H,3,9-15H2,1-2H3. The summed E-state index contributed by atoms with van der Waals surface area (Å²) in [5, 5.41) is 3.79. The smallest absolute Gasteiger partial charge is 0.213 e. The summed E-state index contributed by atoms with van der Waals surface area (Å²) in [7, 11) is -3.03. The number of nitrogens with one attached hydrogen (secondary N) is 1. The van der Waals surface area contributed by atoms with E-state index in [4.69, 9.17) is 0 Å². The molecule has 0 spiro atoms. The first kappa shape index (κ1) is 18.8. The molecule has 2 unspecified atom stereocenters. The van der Waals surface area contributed by atoms with E-state index >= 15 is 0 Å². The molecule has 1 N–H and O–H groups in total. The van der Waals surface area contributed by atoms with Crippen LogP contribution < -0.4 is 5.32 Å². The van der Waals surface area contributed by atoms with Gasteiger partial charge in [-0.2, -0.15) is 0 Å². The van der Waals surface area contributed by atoms with Gasteiger partial charge < -0.3 is 5.32 Å². The van der Waals surface area contributed by atoms with Gasteiger partial charge in [0.15, 0.2) is 0 Å². The van der Waals surface area contributed by atoms with Crippen molar-refractivity contribution in [1.29, 1.82) is 0 Å². The highest BCUT2D eigenvalue weighted by molar-refractivity contribution is 7.89. The van der Waals surface area contributed by atoms with E-state index in [1.165, 1.54) is 12.0 Å². The number of benzene rings is 1. The Kier molecular flexibility index (Phi) is 6.15. The maximum absolute atomic E-state index is 12.0. The van der Waals surface area contributed by atoms with Gasteiger partial charge in [0.1, 0.15) is 0 Å². The molecule has 2 heterocycles. The Labute approximate surface area is 152 Å². The van der Waals surface area contributed by atoms with E-state index in [0.717, 1.165) is 25.9 Å². The molecule has 25 heavy (non-hydrogen) atoms. The lowest BCUT2D eigenvalue weighted by Gasteiger charge is -2.33. The molecule has 0 aliphatic carbocycles. The number of hydrogen-bond donors (Lipinski definition) is 1. The van der Waals surface area contributed by atoms with Crippen molar-refractivity contribution in [3.05, 3.63) is 35.9 Å². The largest absolute Gasteiger partial charge is 0.310 e. The van der Waals surface area contributed by atoms with Crippen LogP contribution in [-0.2, 0) is 16.6 Å². The van der Waals surface area contributed by atoms with Crippen LogP contribution >= 0.6 is 0 Å². The summed E-state index contributed by atoms with van der Waals surface area (Å²) in [5.74, 6) is 0.208. The summed E-state index contributed by atoms with van der Waals surface area (Å²) in [6.45, 7) is 7.42. The summed E-state index contributed by atoms with van der Waals surface area (Å²) >= 11 is 0. The van der Waals surface area contributed by atoms with Gasteiger partial charge in [0, 0.05) is 44.3 Å². The predicted octanol–water partition coefficient (Wildman–Crippen LogP) is 2.05. The van der Waals surface area contributed by atoms with Crippen molar-refractivity contribution in [3.63, 3.8) is 0 Å². The van der Waals surface area contributed by atoms with Crippen LogP contribution in [0.2, 0.25) is 0 Å². The van der Waals surface area contributed by atoms with E-state index in [0.29, 0.717) is 31.2 Å². The Morgan fingerprint density at radius 1 is 1.12 bits per heavy atom. The average molecular weight is 366 g/mol. The van der Waals surface area contributed by atoms with Crippen molar-refractivity contribution in [2.45, 2.75) is 57.8 Å². The Morgan fingerprint density at radius 2 is 1.80 bits per heavy atom. The molecule has 0 radical (unpaired) electrons. The van der Waals surface area contributed by atoms with Crippen LogP contribution in [0.15, 0.2) is 30.3 Å². The molecule has 6 heteroatoms. The second-order valence-corrected chi connectivity index (χ2v) is 9.69. The zero-order valence-electron chi connectivity index (χ0n) is 15.4. The summed E-state index contributed by atoms with van der Waals surface area (Å²) in [6, 6.07) is 12.2. The van der Waals surface area contributed by atoms with E-state index in [9.17, 15) is 8.42 Å². The first-order valence-corrected chi connectivity index (χ1v) is 11.1. The zero-order valence-corrected chi connectivity index (χ0v) is 16.2. The summed E-state index contributed by atoms with van der Waals surface area (Å²) in [5.41, 5.74) is 1.37. The van der Waals surface area contributed by atoms with E-state index in [1.807, 2.05) is 0 Å². The maximum Gasteiger partial charge on any atom is 0.213 e. The third kappa shape index (κ3) is 4.82. The van der Waals surface area contributed by atoms with E-state index in [1.54, 1.807) is 11.2 Å². The van der Waals surface area contributed by atoms with Crippen LogP contribution in [0, 0.1) is 0 Å². The van der Waals surface area contributed by atoms with Crippen molar-refractivity contribution in [2.24, 2.45) is 0 Å². The van der Waals surface area contributed by atoms with Crippen LogP contribution in [0.3, 0.4) is 0 Å². The molecule has 0 saturated carbocycles. The quantitative estimate of drug-likeness (QED) is 0.838. The van der Waals surface area contributed by atoms with Gasteiger partial charge in [-0.15, -0.1) is 0 Å². The van der Waals surface area contributed by atoms with Gasteiger partial charge in [-0.1, -0.05) is 30.3 Å². The maximum atomic E-state index is 12.0.